The Morgan fingerprint density at radius 1 is 1.12 bits per heavy atom. The fourth-order valence-electron chi connectivity index (χ4n) is 3.17. The highest BCUT2D eigenvalue weighted by atomic mass is 35.5. The molecular formula is C17H19ClN6S. The molecule has 0 unspecified atom stereocenters. The average molecular weight is 375 g/mol. The number of anilines is 1. The molecule has 6 nitrogen and oxygen atoms in total. The second-order valence-corrected chi connectivity index (χ2v) is 7.27. The van der Waals surface area contributed by atoms with Crippen LogP contribution in [0.5, 0.6) is 0 Å². The number of halogens is 1. The molecular weight excluding hydrogens is 356 g/mol. The first-order valence-corrected chi connectivity index (χ1v) is 9.79. The van der Waals surface area contributed by atoms with E-state index < -0.39 is 0 Å². The molecule has 1 N–H and O–H groups in total. The number of nitrogens with zero attached hydrogens (tertiary/aromatic N) is 5. The van der Waals surface area contributed by atoms with Crippen LogP contribution in [0.3, 0.4) is 0 Å². The van der Waals surface area contributed by atoms with Gasteiger partial charge in [-0.25, -0.2) is 9.97 Å². The van der Waals surface area contributed by atoms with Crippen LogP contribution >= 0.6 is 23.4 Å². The topological polar surface area (TPSA) is 60.9 Å². The highest BCUT2D eigenvalue weighted by Crippen LogP contribution is 2.30. The number of hydrogen-bond acceptors (Lipinski definition) is 6. The first kappa shape index (κ1) is 16.6. The van der Waals surface area contributed by atoms with Gasteiger partial charge in [0.15, 0.2) is 5.65 Å². The van der Waals surface area contributed by atoms with Gasteiger partial charge in [-0.05, 0) is 24.0 Å². The molecule has 2 aromatic heterocycles. The Kier molecular flexibility index (Phi) is 4.78. The molecule has 0 saturated carbocycles. The zero-order valence-electron chi connectivity index (χ0n) is 13.9. The lowest BCUT2D eigenvalue weighted by Crippen LogP contribution is -2.46. The van der Waals surface area contributed by atoms with Gasteiger partial charge in [-0.1, -0.05) is 23.7 Å². The summed E-state index contributed by atoms with van der Waals surface area (Å²) in [6, 6.07) is 8.10. The lowest BCUT2D eigenvalue weighted by Gasteiger charge is -2.35. The maximum atomic E-state index is 5.96. The number of fused-ring (bicyclic) bond motifs is 1. The van der Waals surface area contributed by atoms with E-state index in [0.29, 0.717) is 0 Å². The van der Waals surface area contributed by atoms with Gasteiger partial charge in [0.25, 0.3) is 0 Å². The zero-order chi connectivity index (χ0) is 17.2. The number of aromatic amines is 1. The lowest BCUT2D eigenvalue weighted by molar-refractivity contribution is 0.249. The van der Waals surface area contributed by atoms with Crippen LogP contribution in [-0.4, -0.2) is 57.5 Å². The number of rotatable bonds is 4. The predicted molar refractivity (Wildman–Crippen MR) is 102 cm³/mol. The molecule has 130 valence electrons. The van der Waals surface area contributed by atoms with Crippen molar-refractivity contribution in [1.29, 1.82) is 0 Å². The Bertz CT molecular complexity index is 857. The standard InChI is InChI=1S/C17H19ClN6S/c1-25-17-14-15(21-22-17)19-11-20-16(14)24-8-6-23(7-9-24)10-12-2-4-13(18)5-3-12/h2-5,11H,6-10H2,1H3,(H,19,20,21,22). The molecule has 0 radical (unpaired) electrons. The SMILES string of the molecule is CSc1n[nH]c2ncnc(N3CCN(Cc4ccc(Cl)cc4)CC3)c12. The normalized spacial score (nSPS) is 15.8. The van der Waals surface area contributed by atoms with Crippen LogP contribution in [0.15, 0.2) is 35.6 Å². The zero-order valence-corrected chi connectivity index (χ0v) is 15.5. The van der Waals surface area contributed by atoms with Crippen LogP contribution in [-0.2, 0) is 6.54 Å². The summed E-state index contributed by atoms with van der Waals surface area (Å²) in [6.07, 6.45) is 3.64. The van der Waals surface area contributed by atoms with Gasteiger partial charge in [0.05, 0.1) is 5.39 Å². The van der Waals surface area contributed by atoms with Crippen LogP contribution < -0.4 is 4.90 Å². The number of thioether (sulfide) groups is 1. The summed E-state index contributed by atoms with van der Waals surface area (Å²) in [4.78, 5) is 13.6. The monoisotopic (exact) mass is 374 g/mol. The highest BCUT2D eigenvalue weighted by molar-refractivity contribution is 7.98. The predicted octanol–water partition coefficient (Wildman–Crippen LogP) is 3.05. The van der Waals surface area contributed by atoms with Crippen LogP contribution in [0, 0.1) is 0 Å². The Balaban J connectivity index is 1.47. The van der Waals surface area contributed by atoms with Crippen LogP contribution in [0.2, 0.25) is 5.02 Å². The molecule has 0 bridgehead atoms. The molecule has 8 heteroatoms. The van der Waals surface area contributed by atoms with Crippen molar-refractivity contribution in [2.45, 2.75) is 11.6 Å². The Morgan fingerprint density at radius 2 is 1.88 bits per heavy atom. The maximum absolute atomic E-state index is 5.96. The number of benzene rings is 1. The van der Waals surface area contributed by atoms with Crippen molar-refractivity contribution in [1.82, 2.24) is 25.1 Å². The van der Waals surface area contributed by atoms with Gasteiger partial charge < -0.3 is 4.90 Å². The van der Waals surface area contributed by atoms with Crippen molar-refractivity contribution in [3.05, 3.63) is 41.2 Å². The molecule has 3 heterocycles. The summed E-state index contributed by atoms with van der Waals surface area (Å²) in [5, 5.41) is 10.1. The Morgan fingerprint density at radius 3 is 2.60 bits per heavy atom. The average Bonchev–Trinajstić information content (AvgIpc) is 3.08. The third-order valence-electron chi connectivity index (χ3n) is 4.49. The second kappa shape index (κ2) is 7.19. The first-order valence-electron chi connectivity index (χ1n) is 8.19. The molecule has 0 aliphatic carbocycles. The summed E-state index contributed by atoms with van der Waals surface area (Å²) < 4.78 is 0. The van der Waals surface area contributed by atoms with E-state index in [1.54, 1.807) is 18.1 Å². The summed E-state index contributed by atoms with van der Waals surface area (Å²) in [7, 11) is 0. The largest absolute Gasteiger partial charge is 0.353 e. The van der Waals surface area contributed by atoms with Crippen molar-refractivity contribution in [2.24, 2.45) is 0 Å². The van der Waals surface area contributed by atoms with Crippen LogP contribution in [0.25, 0.3) is 11.0 Å². The van der Waals surface area contributed by atoms with Gasteiger partial charge in [-0.3, -0.25) is 10.00 Å². The third-order valence-corrected chi connectivity index (χ3v) is 5.42. The maximum Gasteiger partial charge on any atom is 0.161 e. The fourth-order valence-corrected chi connectivity index (χ4v) is 3.83. The van der Waals surface area contributed by atoms with E-state index in [1.165, 1.54) is 5.56 Å². The minimum atomic E-state index is 0.783. The number of H-pyrrole nitrogens is 1. The summed E-state index contributed by atoms with van der Waals surface area (Å²) in [6.45, 7) is 4.84. The molecule has 1 aromatic carbocycles. The summed E-state index contributed by atoms with van der Waals surface area (Å²) in [5.74, 6) is 0.981. The lowest BCUT2D eigenvalue weighted by atomic mass is 10.2. The second-order valence-electron chi connectivity index (χ2n) is 6.04. The van der Waals surface area contributed by atoms with Gasteiger partial charge in [0.2, 0.25) is 0 Å². The number of aromatic nitrogens is 4. The molecule has 3 aromatic rings. The van der Waals surface area contributed by atoms with Gasteiger partial charge in [-0.15, -0.1) is 11.8 Å². The number of nitrogens with one attached hydrogen (secondary N) is 1. The Labute approximate surface area is 155 Å². The third kappa shape index (κ3) is 3.44. The van der Waals surface area contributed by atoms with Crippen molar-refractivity contribution in [3.8, 4) is 0 Å². The molecule has 1 aliphatic heterocycles. The molecule has 4 rings (SSSR count). The summed E-state index contributed by atoms with van der Waals surface area (Å²) in [5.41, 5.74) is 2.10. The molecule has 25 heavy (non-hydrogen) atoms. The van der Waals surface area contributed by atoms with Gasteiger partial charge in [0, 0.05) is 37.7 Å². The van der Waals surface area contributed by atoms with E-state index in [9.17, 15) is 0 Å². The molecule has 0 spiro atoms. The van der Waals surface area contributed by atoms with Crippen molar-refractivity contribution < 1.29 is 0 Å². The minimum Gasteiger partial charge on any atom is -0.353 e. The van der Waals surface area contributed by atoms with E-state index in [-0.39, 0.29) is 0 Å². The Hall–Kier alpha value is -1.83. The number of hydrogen-bond donors (Lipinski definition) is 1. The van der Waals surface area contributed by atoms with E-state index in [1.807, 2.05) is 18.4 Å². The smallest absolute Gasteiger partial charge is 0.161 e. The number of piperazine rings is 1. The van der Waals surface area contributed by atoms with Crippen LogP contribution in [0.1, 0.15) is 5.56 Å². The minimum absolute atomic E-state index is 0.783. The van der Waals surface area contributed by atoms with Gasteiger partial charge in [0.1, 0.15) is 17.2 Å². The van der Waals surface area contributed by atoms with Crippen molar-refractivity contribution in [3.63, 3.8) is 0 Å². The van der Waals surface area contributed by atoms with Gasteiger partial charge >= 0.3 is 0 Å². The molecule has 1 fully saturated rings. The molecule has 1 saturated heterocycles. The quantitative estimate of drug-likeness (QED) is 0.708. The summed E-state index contributed by atoms with van der Waals surface area (Å²) >= 11 is 7.58. The highest BCUT2D eigenvalue weighted by Gasteiger charge is 2.22. The van der Waals surface area contributed by atoms with E-state index in [2.05, 4.69) is 42.1 Å². The van der Waals surface area contributed by atoms with Gasteiger partial charge in [-0.2, -0.15) is 5.10 Å². The van der Waals surface area contributed by atoms with E-state index in [0.717, 1.165) is 59.6 Å². The molecule has 1 aliphatic rings. The fraction of sp³-hybridized carbons (Fsp3) is 0.353. The van der Waals surface area contributed by atoms with Crippen molar-refractivity contribution in [2.75, 3.05) is 37.3 Å². The van der Waals surface area contributed by atoms with E-state index in [4.69, 9.17) is 11.6 Å². The van der Waals surface area contributed by atoms with Crippen molar-refractivity contribution >= 4 is 40.2 Å². The molecule has 0 amide bonds. The first-order chi connectivity index (χ1) is 12.2. The van der Waals surface area contributed by atoms with E-state index >= 15 is 0 Å². The molecule has 0 atom stereocenters. The van der Waals surface area contributed by atoms with Crippen LogP contribution in [0.4, 0.5) is 5.82 Å².